The van der Waals surface area contributed by atoms with Crippen molar-refractivity contribution in [1.82, 2.24) is 0 Å². The Morgan fingerprint density at radius 1 is 0.950 bits per heavy atom. The average Bonchev–Trinajstić information content (AvgIpc) is 2.46. The molecule has 106 valence electrons. The second kappa shape index (κ2) is 7.31. The number of benzene rings is 2. The highest BCUT2D eigenvalue weighted by Gasteiger charge is 2.03. The van der Waals surface area contributed by atoms with Crippen molar-refractivity contribution in [3.05, 3.63) is 58.1 Å². The van der Waals surface area contributed by atoms with Crippen molar-refractivity contribution in [3.8, 4) is 11.5 Å². The van der Waals surface area contributed by atoms with Crippen LogP contribution in [0.5, 0.6) is 11.5 Å². The van der Waals surface area contributed by atoms with Gasteiger partial charge in [0.1, 0.15) is 18.1 Å². The molecule has 0 atom stereocenters. The van der Waals surface area contributed by atoms with Crippen LogP contribution in [0.15, 0.2) is 46.9 Å². The maximum atomic E-state index is 5.79. The van der Waals surface area contributed by atoms with Crippen LogP contribution in [0.2, 0.25) is 0 Å². The van der Waals surface area contributed by atoms with Crippen LogP contribution in [0.1, 0.15) is 11.1 Å². The van der Waals surface area contributed by atoms with Gasteiger partial charge in [-0.25, -0.2) is 0 Å². The topological polar surface area (TPSA) is 27.7 Å². The quantitative estimate of drug-likeness (QED) is 0.791. The van der Waals surface area contributed by atoms with Gasteiger partial charge in [0.05, 0.1) is 18.2 Å². The Labute approximate surface area is 127 Å². The molecular weight excluding hydrogens is 320 g/mol. The van der Waals surface area contributed by atoms with Gasteiger partial charge in [-0.3, -0.25) is 0 Å². The van der Waals surface area contributed by atoms with Gasteiger partial charge in [0.15, 0.2) is 0 Å². The smallest absolute Gasteiger partial charge is 0.133 e. The fourth-order valence-electron chi connectivity index (χ4n) is 1.86. The first-order chi connectivity index (χ1) is 9.72. The molecule has 0 amide bonds. The SMILES string of the molecule is COCc1cccc(OCc2ccc(OC)c(Br)c2)c1. The van der Waals surface area contributed by atoms with E-state index in [4.69, 9.17) is 14.2 Å². The Morgan fingerprint density at radius 2 is 1.75 bits per heavy atom. The van der Waals surface area contributed by atoms with E-state index in [1.165, 1.54) is 0 Å². The van der Waals surface area contributed by atoms with Crippen molar-refractivity contribution in [2.75, 3.05) is 14.2 Å². The second-order valence-electron chi connectivity index (χ2n) is 4.34. The second-order valence-corrected chi connectivity index (χ2v) is 5.19. The highest BCUT2D eigenvalue weighted by molar-refractivity contribution is 9.10. The fourth-order valence-corrected chi connectivity index (χ4v) is 2.45. The number of hydrogen-bond donors (Lipinski definition) is 0. The van der Waals surface area contributed by atoms with Crippen LogP contribution in [-0.2, 0) is 18.0 Å². The van der Waals surface area contributed by atoms with Gasteiger partial charge in [-0.05, 0) is 51.3 Å². The van der Waals surface area contributed by atoms with Gasteiger partial charge in [-0.2, -0.15) is 0 Å². The summed E-state index contributed by atoms with van der Waals surface area (Å²) in [6.45, 7) is 1.10. The Hall–Kier alpha value is -1.52. The van der Waals surface area contributed by atoms with Gasteiger partial charge < -0.3 is 14.2 Å². The molecular formula is C16H17BrO3. The Bertz CT molecular complexity index is 569. The lowest BCUT2D eigenvalue weighted by molar-refractivity contribution is 0.184. The van der Waals surface area contributed by atoms with E-state index in [-0.39, 0.29) is 0 Å². The molecule has 0 unspecified atom stereocenters. The molecule has 0 saturated carbocycles. The minimum atomic E-state index is 0.513. The van der Waals surface area contributed by atoms with Gasteiger partial charge >= 0.3 is 0 Å². The van der Waals surface area contributed by atoms with E-state index in [1.807, 2.05) is 42.5 Å². The van der Waals surface area contributed by atoms with E-state index in [9.17, 15) is 0 Å². The van der Waals surface area contributed by atoms with Crippen LogP contribution in [0.25, 0.3) is 0 Å². The third-order valence-electron chi connectivity index (χ3n) is 2.83. The summed E-state index contributed by atoms with van der Waals surface area (Å²) >= 11 is 3.47. The maximum Gasteiger partial charge on any atom is 0.133 e. The zero-order valence-electron chi connectivity index (χ0n) is 11.6. The van der Waals surface area contributed by atoms with Crippen molar-refractivity contribution in [2.45, 2.75) is 13.2 Å². The third kappa shape index (κ3) is 3.99. The summed E-state index contributed by atoms with van der Waals surface area (Å²) in [6.07, 6.45) is 0. The Morgan fingerprint density at radius 3 is 2.45 bits per heavy atom. The molecule has 0 aliphatic heterocycles. The first-order valence-electron chi connectivity index (χ1n) is 6.26. The highest BCUT2D eigenvalue weighted by Crippen LogP contribution is 2.26. The first kappa shape index (κ1) is 14.9. The summed E-state index contributed by atoms with van der Waals surface area (Å²) in [5, 5.41) is 0. The number of halogens is 1. The molecule has 0 fully saturated rings. The molecule has 0 bridgehead atoms. The van der Waals surface area contributed by atoms with Crippen LogP contribution < -0.4 is 9.47 Å². The van der Waals surface area contributed by atoms with Crippen LogP contribution in [0.4, 0.5) is 0 Å². The predicted molar refractivity (Wildman–Crippen MR) is 82.2 cm³/mol. The van der Waals surface area contributed by atoms with Crippen molar-refractivity contribution in [2.24, 2.45) is 0 Å². The average molecular weight is 337 g/mol. The fraction of sp³-hybridized carbons (Fsp3) is 0.250. The van der Waals surface area contributed by atoms with E-state index in [2.05, 4.69) is 15.9 Å². The molecule has 2 aromatic rings. The lowest BCUT2D eigenvalue weighted by Crippen LogP contribution is -1.97. The Kier molecular flexibility index (Phi) is 5.44. The van der Waals surface area contributed by atoms with E-state index in [1.54, 1.807) is 14.2 Å². The molecule has 20 heavy (non-hydrogen) atoms. The molecule has 0 heterocycles. The lowest BCUT2D eigenvalue weighted by atomic mass is 10.2. The van der Waals surface area contributed by atoms with Crippen molar-refractivity contribution in [3.63, 3.8) is 0 Å². The molecule has 0 aromatic heterocycles. The molecule has 0 saturated heterocycles. The molecule has 3 nitrogen and oxygen atoms in total. The summed E-state index contributed by atoms with van der Waals surface area (Å²) in [5.74, 6) is 1.65. The standard InChI is InChI=1S/C16H17BrO3/c1-18-10-12-4-3-5-14(8-12)20-11-13-6-7-16(19-2)15(17)9-13/h3-9H,10-11H2,1-2H3. The zero-order valence-corrected chi connectivity index (χ0v) is 13.1. The van der Waals surface area contributed by atoms with Crippen LogP contribution >= 0.6 is 15.9 Å². The van der Waals surface area contributed by atoms with E-state index < -0.39 is 0 Å². The van der Waals surface area contributed by atoms with E-state index >= 15 is 0 Å². The number of rotatable bonds is 6. The largest absolute Gasteiger partial charge is 0.496 e. The van der Waals surface area contributed by atoms with Gasteiger partial charge in [0.2, 0.25) is 0 Å². The minimum Gasteiger partial charge on any atom is -0.496 e. The molecule has 0 N–H and O–H groups in total. The Balaban J connectivity index is 2.01. The van der Waals surface area contributed by atoms with E-state index in [0.717, 1.165) is 27.1 Å². The summed E-state index contributed by atoms with van der Waals surface area (Å²) in [6, 6.07) is 13.8. The summed E-state index contributed by atoms with van der Waals surface area (Å²) in [7, 11) is 3.33. The monoisotopic (exact) mass is 336 g/mol. The highest BCUT2D eigenvalue weighted by atomic mass is 79.9. The van der Waals surface area contributed by atoms with Gasteiger partial charge in [0, 0.05) is 7.11 Å². The molecule has 2 rings (SSSR count). The molecule has 0 aliphatic carbocycles. The zero-order chi connectivity index (χ0) is 14.4. The van der Waals surface area contributed by atoms with Crippen LogP contribution in [-0.4, -0.2) is 14.2 Å². The summed E-state index contributed by atoms with van der Waals surface area (Å²) in [4.78, 5) is 0. The third-order valence-corrected chi connectivity index (χ3v) is 3.45. The first-order valence-corrected chi connectivity index (χ1v) is 7.05. The predicted octanol–water partition coefficient (Wildman–Crippen LogP) is 4.18. The van der Waals surface area contributed by atoms with Crippen LogP contribution in [0.3, 0.4) is 0 Å². The molecule has 0 radical (unpaired) electrons. The van der Waals surface area contributed by atoms with Crippen molar-refractivity contribution in [1.29, 1.82) is 0 Å². The summed E-state index contributed by atoms with van der Waals surface area (Å²) in [5.41, 5.74) is 2.18. The molecule has 2 aromatic carbocycles. The van der Waals surface area contributed by atoms with Crippen molar-refractivity contribution < 1.29 is 14.2 Å². The van der Waals surface area contributed by atoms with Crippen LogP contribution in [0, 0.1) is 0 Å². The number of methoxy groups -OCH3 is 2. The summed E-state index contributed by atoms with van der Waals surface area (Å²) < 4.78 is 17.0. The van der Waals surface area contributed by atoms with Gasteiger partial charge in [-0.15, -0.1) is 0 Å². The van der Waals surface area contributed by atoms with E-state index in [0.29, 0.717) is 13.2 Å². The molecule has 4 heteroatoms. The molecule has 0 aliphatic rings. The molecule has 0 spiro atoms. The van der Waals surface area contributed by atoms with Crippen molar-refractivity contribution >= 4 is 15.9 Å². The number of ether oxygens (including phenoxy) is 3. The normalized spacial score (nSPS) is 10.3. The van der Waals surface area contributed by atoms with Gasteiger partial charge in [-0.1, -0.05) is 18.2 Å². The lowest BCUT2D eigenvalue weighted by Gasteiger charge is -2.09. The minimum absolute atomic E-state index is 0.513. The maximum absolute atomic E-state index is 5.79. The number of hydrogen-bond acceptors (Lipinski definition) is 3. The van der Waals surface area contributed by atoms with Gasteiger partial charge in [0.25, 0.3) is 0 Å².